The van der Waals surface area contributed by atoms with Gasteiger partial charge in [0.25, 0.3) is 5.91 Å². The lowest BCUT2D eigenvalue weighted by molar-refractivity contribution is -0.129. The number of rotatable bonds is 5. The van der Waals surface area contributed by atoms with Crippen molar-refractivity contribution >= 4 is 56.9 Å². The number of likely N-dealkylation sites (tertiary alicyclic amines) is 1. The highest BCUT2D eigenvalue weighted by atomic mass is 35.5. The molecular formula is C28H32ClN7O3. The third-order valence-electron chi connectivity index (χ3n) is 8.03. The summed E-state index contributed by atoms with van der Waals surface area (Å²) < 4.78 is 3.74. The van der Waals surface area contributed by atoms with E-state index in [0.29, 0.717) is 54.4 Å². The first-order valence-corrected chi connectivity index (χ1v) is 13.9. The molecule has 2 aliphatic heterocycles. The zero-order chi connectivity index (χ0) is 27.3. The van der Waals surface area contributed by atoms with Gasteiger partial charge in [0.15, 0.2) is 5.65 Å². The van der Waals surface area contributed by atoms with Crippen molar-refractivity contribution in [1.82, 2.24) is 29.1 Å². The van der Waals surface area contributed by atoms with Crippen molar-refractivity contribution < 1.29 is 9.59 Å². The summed E-state index contributed by atoms with van der Waals surface area (Å²) in [6, 6.07) is 9.12. The number of hydrogen-bond acceptors (Lipinski definition) is 6. The van der Waals surface area contributed by atoms with Crippen molar-refractivity contribution in [2.45, 2.75) is 19.8 Å². The Morgan fingerprint density at radius 1 is 1.00 bits per heavy atom. The van der Waals surface area contributed by atoms with Crippen molar-refractivity contribution in [2.24, 2.45) is 7.05 Å². The molecule has 0 radical (unpaired) electrons. The number of hydrogen-bond donors (Lipinski definition) is 1. The molecule has 2 amide bonds. The molecule has 0 bridgehead atoms. The molecule has 0 aliphatic carbocycles. The van der Waals surface area contributed by atoms with Crippen LogP contribution in [0.2, 0.25) is 5.02 Å². The predicted molar refractivity (Wildman–Crippen MR) is 153 cm³/mol. The zero-order valence-electron chi connectivity index (χ0n) is 22.2. The van der Waals surface area contributed by atoms with Crippen LogP contribution in [-0.4, -0.2) is 87.9 Å². The number of nitrogens with zero attached hydrogens (tertiary/aromatic N) is 6. The number of carbonyl (C=O) groups is 2. The number of pyridine rings is 2. The number of fused-ring (bicyclic) bond motifs is 5. The largest absolute Gasteiger partial charge is 0.353 e. The summed E-state index contributed by atoms with van der Waals surface area (Å²) in [5.74, 6) is 0.405. The van der Waals surface area contributed by atoms with Gasteiger partial charge in [-0.05, 0) is 56.3 Å². The maximum absolute atomic E-state index is 13.9. The Bertz CT molecular complexity index is 1660. The van der Waals surface area contributed by atoms with Gasteiger partial charge in [-0.3, -0.25) is 18.8 Å². The van der Waals surface area contributed by atoms with E-state index in [0.717, 1.165) is 36.5 Å². The minimum atomic E-state index is -0.389. The number of carbonyl (C=O) groups excluding carboxylic acids is 2. The number of piperazine rings is 1. The molecule has 11 heteroatoms. The van der Waals surface area contributed by atoms with Crippen LogP contribution in [0.25, 0.3) is 27.7 Å². The quantitative estimate of drug-likeness (QED) is 0.411. The van der Waals surface area contributed by atoms with Gasteiger partial charge in [0.05, 0.1) is 16.4 Å². The Kier molecular flexibility index (Phi) is 6.68. The Balaban J connectivity index is 1.47. The number of aromatic nitrogens is 3. The maximum Gasteiger partial charge on any atom is 0.259 e. The average molecular weight is 550 g/mol. The van der Waals surface area contributed by atoms with Crippen molar-refractivity contribution in [2.75, 3.05) is 57.3 Å². The predicted octanol–water partition coefficient (Wildman–Crippen LogP) is 2.49. The molecule has 5 heterocycles. The number of nitrogens with one attached hydrogen (secondary N) is 1. The van der Waals surface area contributed by atoms with Crippen LogP contribution in [0.1, 0.15) is 30.1 Å². The third-order valence-corrected chi connectivity index (χ3v) is 8.26. The minimum absolute atomic E-state index is 0.0648. The summed E-state index contributed by atoms with van der Waals surface area (Å²) in [4.78, 5) is 50.4. The molecule has 10 nitrogen and oxygen atoms in total. The highest BCUT2D eigenvalue weighted by Gasteiger charge is 2.26. The first kappa shape index (κ1) is 25.6. The molecule has 204 valence electrons. The summed E-state index contributed by atoms with van der Waals surface area (Å²) >= 11 is 6.34. The van der Waals surface area contributed by atoms with Crippen LogP contribution in [0.15, 0.2) is 35.1 Å². The van der Waals surface area contributed by atoms with E-state index in [1.54, 1.807) is 19.1 Å². The van der Waals surface area contributed by atoms with Gasteiger partial charge in [-0.25, -0.2) is 4.98 Å². The average Bonchev–Trinajstić information content (AvgIpc) is 3.55. The van der Waals surface area contributed by atoms with E-state index >= 15 is 0 Å². The van der Waals surface area contributed by atoms with Crippen LogP contribution in [0.5, 0.6) is 0 Å². The highest BCUT2D eigenvalue weighted by molar-refractivity contribution is 6.31. The fourth-order valence-electron chi connectivity index (χ4n) is 5.90. The summed E-state index contributed by atoms with van der Waals surface area (Å²) in [6.45, 7) is 7.44. The number of halogens is 1. The molecule has 2 aliphatic rings. The van der Waals surface area contributed by atoms with Gasteiger partial charge in [0.1, 0.15) is 17.0 Å². The summed E-state index contributed by atoms with van der Waals surface area (Å²) in [5, 5.41) is 3.93. The second kappa shape index (κ2) is 10.2. The molecule has 0 spiro atoms. The Labute approximate surface area is 230 Å². The smallest absolute Gasteiger partial charge is 0.259 e. The van der Waals surface area contributed by atoms with E-state index in [-0.39, 0.29) is 22.8 Å². The standard InChI is InChI=1S/C28H32ClN7O3/c1-18(37)34-13-15-35(16-14-34)23-8-6-20-25(38)24(27(39)30-9-12-33-10-3-4-11-33)28-32(2)22-17-19(29)5-7-21(22)36(28)26(20)31-23/h5-8,17H,3-4,9-16H2,1-2H3,(H,30,39). The maximum atomic E-state index is 13.9. The third kappa shape index (κ3) is 4.51. The van der Waals surface area contributed by atoms with E-state index < -0.39 is 0 Å². The number of anilines is 1. The van der Waals surface area contributed by atoms with Crippen LogP contribution in [0, 0.1) is 0 Å². The molecule has 3 aromatic heterocycles. The lowest BCUT2D eigenvalue weighted by Crippen LogP contribution is -2.48. The lowest BCUT2D eigenvalue weighted by atomic mass is 10.1. The minimum Gasteiger partial charge on any atom is -0.353 e. The fraction of sp³-hybridized carbons (Fsp3) is 0.429. The van der Waals surface area contributed by atoms with E-state index in [9.17, 15) is 14.4 Å². The first-order valence-electron chi connectivity index (χ1n) is 13.5. The topological polar surface area (TPSA) is 95.2 Å². The first-order chi connectivity index (χ1) is 18.8. The lowest BCUT2D eigenvalue weighted by Gasteiger charge is -2.35. The Morgan fingerprint density at radius 2 is 1.74 bits per heavy atom. The van der Waals surface area contributed by atoms with Crippen LogP contribution >= 0.6 is 11.6 Å². The van der Waals surface area contributed by atoms with Gasteiger partial charge >= 0.3 is 0 Å². The monoisotopic (exact) mass is 549 g/mol. The number of benzene rings is 1. The second-order valence-electron chi connectivity index (χ2n) is 10.4. The van der Waals surface area contributed by atoms with Crippen LogP contribution in [0.3, 0.4) is 0 Å². The van der Waals surface area contributed by atoms with E-state index in [1.165, 1.54) is 12.8 Å². The normalized spacial score (nSPS) is 16.6. The molecule has 0 saturated carbocycles. The molecule has 1 aromatic carbocycles. The van der Waals surface area contributed by atoms with Crippen molar-refractivity contribution in [3.63, 3.8) is 0 Å². The fourth-order valence-corrected chi connectivity index (χ4v) is 6.07. The number of imidazole rings is 1. The van der Waals surface area contributed by atoms with Gasteiger partial charge in [0, 0.05) is 58.3 Å². The summed E-state index contributed by atoms with van der Waals surface area (Å²) in [7, 11) is 1.84. The SMILES string of the molecule is CC(=O)N1CCN(c2ccc3c(=O)c(C(=O)NCCN4CCCC4)c4n(C)c5cc(Cl)ccc5n4c3n2)CC1. The Morgan fingerprint density at radius 3 is 2.46 bits per heavy atom. The molecule has 39 heavy (non-hydrogen) atoms. The van der Waals surface area contributed by atoms with Gasteiger partial charge < -0.3 is 24.6 Å². The number of aryl methyl sites for hydroxylation is 1. The van der Waals surface area contributed by atoms with Gasteiger partial charge in [-0.1, -0.05) is 11.6 Å². The van der Waals surface area contributed by atoms with Crippen LogP contribution in [0.4, 0.5) is 5.82 Å². The van der Waals surface area contributed by atoms with Crippen molar-refractivity contribution in [3.05, 3.63) is 51.1 Å². The second-order valence-corrected chi connectivity index (χ2v) is 10.8. The molecule has 0 unspecified atom stereocenters. The van der Waals surface area contributed by atoms with Gasteiger partial charge in [-0.15, -0.1) is 0 Å². The van der Waals surface area contributed by atoms with E-state index in [4.69, 9.17) is 16.6 Å². The highest BCUT2D eigenvalue weighted by Crippen LogP contribution is 2.28. The molecule has 2 fully saturated rings. The summed E-state index contributed by atoms with van der Waals surface area (Å²) in [6.07, 6.45) is 2.36. The molecular weight excluding hydrogens is 518 g/mol. The van der Waals surface area contributed by atoms with E-state index in [2.05, 4.69) is 15.1 Å². The van der Waals surface area contributed by atoms with Crippen LogP contribution < -0.4 is 15.6 Å². The van der Waals surface area contributed by atoms with Crippen molar-refractivity contribution in [3.8, 4) is 0 Å². The molecule has 2 saturated heterocycles. The van der Waals surface area contributed by atoms with Gasteiger partial charge in [0.2, 0.25) is 11.3 Å². The van der Waals surface area contributed by atoms with E-state index in [1.807, 2.05) is 39.1 Å². The molecule has 1 N–H and O–H groups in total. The van der Waals surface area contributed by atoms with Gasteiger partial charge in [-0.2, -0.15) is 0 Å². The van der Waals surface area contributed by atoms with Crippen LogP contribution in [-0.2, 0) is 11.8 Å². The number of amides is 2. The summed E-state index contributed by atoms with van der Waals surface area (Å²) in [5.41, 5.74) is 2.32. The molecule has 6 rings (SSSR count). The Hall–Kier alpha value is -3.63. The zero-order valence-corrected chi connectivity index (χ0v) is 23.0. The molecule has 4 aromatic rings. The molecule has 0 atom stereocenters. The van der Waals surface area contributed by atoms with Crippen molar-refractivity contribution in [1.29, 1.82) is 0 Å².